The van der Waals surface area contributed by atoms with E-state index >= 15 is 0 Å². The Labute approximate surface area is 147 Å². The molecule has 110 valence electrons. The van der Waals surface area contributed by atoms with Gasteiger partial charge in [-0.15, -0.1) is 24.8 Å². The summed E-state index contributed by atoms with van der Waals surface area (Å²) in [5.41, 5.74) is 2.86. The third-order valence-corrected chi connectivity index (χ3v) is 13.5. The molecule has 21 heavy (non-hydrogen) atoms. The summed E-state index contributed by atoms with van der Waals surface area (Å²) in [5.74, 6) is 0. The molecule has 0 saturated carbocycles. The van der Waals surface area contributed by atoms with Gasteiger partial charge in [-0.25, -0.2) is 0 Å². The van der Waals surface area contributed by atoms with Crippen molar-refractivity contribution in [1.29, 1.82) is 0 Å². The quantitative estimate of drug-likeness (QED) is 0.510. The van der Waals surface area contributed by atoms with Gasteiger partial charge in [0.1, 0.15) is 0 Å². The molecule has 0 radical (unpaired) electrons. The number of rotatable bonds is 3. The summed E-state index contributed by atoms with van der Waals surface area (Å²) in [7, 11) is 0. The molecule has 0 amide bonds. The van der Waals surface area contributed by atoms with E-state index in [-0.39, 0.29) is 24.8 Å². The fourth-order valence-electron chi connectivity index (χ4n) is 2.59. The monoisotopic (exact) mass is 486 g/mol. The number of hydrogen-bond donors (Lipinski definition) is 0. The van der Waals surface area contributed by atoms with E-state index in [0.717, 1.165) is 0 Å². The molecule has 0 nitrogen and oxygen atoms in total. The summed E-state index contributed by atoms with van der Waals surface area (Å²) in [4.78, 5) is 0. The molecule has 0 N–H and O–H groups in total. The second-order valence-electron chi connectivity index (χ2n) is 5.06. The van der Waals surface area contributed by atoms with Crippen LogP contribution in [-0.4, -0.2) is 3.76 Å². The van der Waals surface area contributed by atoms with Gasteiger partial charge in [-0.1, -0.05) is 0 Å². The summed E-state index contributed by atoms with van der Waals surface area (Å²) in [6.07, 6.45) is 16.2. The van der Waals surface area contributed by atoms with Crippen molar-refractivity contribution in [3.05, 3.63) is 78.5 Å². The van der Waals surface area contributed by atoms with Crippen molar-refractivity contribution in [2.45, 2.75) is 19.8 Å². The van der Waals surface area contributed by atoms with E-state index in [1.165, 1.54) is 24.0 Å². The first-order valence-corrected chi connectivity index (χ1v) is 12.5. The van der Waals surface area contributed by atoms with E-state index in [4.69, 9.17) is 0 Å². The maximum absolute atomic E-state index is 2.64. The normalized spacial score (nSPS) is 14.9. The van der Waals surface area contributed by atoms with Crippen LogP contribution in [0.1, 0.15) is 24.0 Å². The zero-order chi connectivity index (χ0) is 13.1. The zero-order valence-electron chi connectivity index (χ0n) is 12.1. The molecule has 0 atom stereocenters. The first-order valence-electron chi connectivity index (χ1n) is 6.84. The first-order chi connectivity index (χ1) is 9.34. The van der Waals surface area contributed by atoms with Crippen molar-refractivity contribution >= 4 is 28.6 Å². The van der Waals surface area contributed by atoms with Crippen LogP contribution in [0.2, 0.25) is 0 Å². The third-order valence-electron chi connectivity index (χ3n) is 3.72. The Kier molecular flexibility index (Phi) is 7.80. The van der Waals surface area contributed by atoms with Crippen LogP contribution in [0.5, 0.6) is 0 Å². The van der Waals surface area contributed by atoms with Crippen LogP contribution >= 0.6 is 24.8 Å². The van der Waals surface area contributed by atoms with E-state index in [2.05, 4.69) is 71.4 Å². The minimum atomic E-state index is -1.96. The van der Waals surface area contributed by atoms with E-state index in [0.29, 0.717) is 0 Å². The molecule has 0 spiro atoms. The van der Waals surface area contributed by atoms with Gasteiger partial charge < -0.3 is 0 Å². The molecular formula is C18H20Cl2Hf. The molecule has 0 saturated heterocycles. The Morgan fingerprint density at radius 2 is 1.48 bits per heavy atom. The molecule has 2 aliphatic rings. The van der Waals surface area contributed by atoms with Crippen LogP contribution in [0.3, 0.4) is 0 Å². The van der Waals surface area contributed by atoms with Crippen LogP contribution in [0.4, 0.5) is 0 Å². The number of halogens is 2. The summed E-state index contributed by atoms with van der Waals surface area (Å²) in [6.45, 7) is 2.22. The summed E-state index contributed by atoms with van der Waals surface area (Å²) in [6, 6.07) is 8.78. The van der Waals surface area contributed by atoms with Crippen LogP contribution in [-0.2, 0) is 21.0 Å². The van der Waals surface area contributed by atoms with Crippen LogP contribution in [0.25, 0.3) is 0 Å². The summed E-state index contributed by atoms with van der Waals surface area (Å²) in [5, 5.41) is 0. The van der Waals surface area contributed by atoms with Crippen molar-refractivity contribution < 1.29 is 21.0 Å². The maximum Gasteiger partial charge on any atom is -0.147 e. The topological polar surface area (TPSA) is 0 Å². The summed E-state index contributed by atoms with van der Waals surface area (Å²) < 4.78 is 6.09. The van der Waals surface area contributed by atoms with Gasteiger partial charge in [0.15, 0.2) is 0 Å². The Balaban J connectivity index is 0.00000110. The second-order valence-corrected chi connectivity index (χ2v) is 13.7. The van der Waals surface area contributed by atoms with Gasteiger partial charge in [0.25, 0.3) is 0 Å². The van der Waals surface area contributed by atoms with Crippen molar-refractivity contribution in [3.8, 4) is 0 Å². The molecule has 0 aromatic heterocycles. The molecule has 1 aromatic carbocycles. The molecular weight excluding hydrogens is 466 g/mol. The molecule has 1 aromatic rings. The Hall–Kier alpha value is -0.500. The number of allylic oxidation sites excluding steroid dienone is 8. The van der Waals surface area contributed by atoms with Crippen molar-refractivity contribution in [3.63, 3.8) is 0 Å². The molecule has 0 bridgehead atoms. The van der Waals surface area contributed by atoms with Crippen LogP contribution in [0.15, 0.2) is 67.4 Å². The smallest absolute Gasteiger partial charge is 0.147 e. The third kappa shape index (κ3) is 4.48. The van der Waals surface area contributed by atoms with E-state index in [1.807, 2.05) is 0 Å². The van der Waals surface area contributed by atoms with Crippen molar-refractivity contribution in [2.75, 3.05) is 0 Å². The van der Waals surface area contributed by atoms with Gasteiger partial charge >= 0.3 is 123 Å². The van der Waals surface area contributed by atoms with Crippen molar-refractivity contribution in [1.82, 2.24) is 0 Å². The van der Waals surface area contributed by atoms with Gasteiger partial charge in [0, 0.05) is 0 Å². The van der Waals surface area contributed by atoms with E-state index in [1.54, 1.807) is 6.66 Å². The second kappa shape index (κ2) is 8.83. The Morgan fingerprint density at radius 3 is 1.95 bits per heavy atom. The predicted molar refractivity (Wildman–Crippen MR) is 94.5 cm³/mol. The number of aryl methyl sites for hydroxylation is 1. The number of benzene rings is 1. The van der Waals surface area contributed by atoms with Gasteiger partial charge in [-0.3, -0.25) is 0 Å². The van der Waals surface area contributed by atoms with Gasteiger partial charge in [-0.05, 0) is 0 Å². The Morgan fingerprint density at radius 1 is 0.905 bits per heavy atom. The minimum absolute atomic E-state index is 0. The molecule has 3 rings (SSSR count). The Bertz CT molecular complexity index is 617. The fraction of sp³-hybridized carbons (Fsp3) is 0.167. The van der Waals surface area contributed by atoms with Crippen LogP contribution in [0, 0.1) is 6.92 Å². The van der Waals surface area contributed by atoms with Crippen LogP contribution < -0.4 is 0 Å². The molecule has 3 heteroatoms. The van der Waals surface area contributed by atoms with E-state index in [9.17, 15) is 0 Å². The average molecular weight is 486 g/mol. The standard InChI is InChI=1S/C8H8.2C5H5.2ClH.Hf/c1-7-5-3-4-6-8(7)2;2*1-2-4-5-3-1;;;/h1,3-6H,2H3;2*1-3H,4H2;2*1H;. The molecule has 0 fully saturated rings. The fourth-order valence-corrected chi connectivity index (χ4v) is 12.1. The van der Waals surface area contributed by atoms with Gasteiger partial charge in [-0.2, -0.15) is 0 Å². The number of hydrogen-bond acceptors (Lipinski definition) is 0. The van der Waals surface area contributed by atoms with Gasteiger partial charge in [0.05, 0.1) is 0 Å². The minimum Gasteiger partial charge on any atom is -0.147 e. The molecule has 2 aliphatic carbocycles. The summed E-state index contributed by atoms with van der Waals surface area (Å²) >= 11 is -1.96. The molecule has 0 aliphatic heterocycles. The van der Waals surface area contributed by atoms with E-state index < -0.39 is 21.0 Å². The molecule has 0 unspecified atom stereocenters. The van der Waals surface area contributed by atoms with Gasteiger partial charge in [0.2, 0.25) is 0 Å². The van der Waals surface area contributed by atoms with Crippen molar-refractivity contribution in [2.24, 2.45) is 0 Å². The predicted octanol–water partition coefficient (Wildman–Crippen LogP) is 5.29. The SMILES string of the molecule is Cc1ccccc1[CH]=[Hf]([C]1=CC=CC1)[C]1=CC=CC1.Cl.Cl. The maximum atomic E-state index is 2.64. The molecule has 0 heterocycles. The first kappa shape index (κ1) is 18.5. The average Bonchev–Trinajstić information content (AvgIpc) is 3.11. The zero-order valence-corrected chi connectivity index (χ0v) is 17.3. The largest absolute Gasteiger partial charge is 0.147 e.